The van der Waals surface area contributed by atoms with Gasteiger partial charge in [0.25, 0.3) is 15.2 Å². The molecular weight excluding hydrogens is 404 g/mol. The van der Waals surface area contributed by atoms with Crippen LogP contribution in [0.15, 0.2) is 57.0 Å². The highest BCUT2D eigenvalue weighted by atomic mass is 32.2. The Morgan fingerprint density at radius 2 is 1.96 bits per heavy atom. The minimum atomic E-state index is -3.80. The molecule has 2 aromatic carbocycles. The zero-order chi connectivity index (χ0) is 20.1. The minimum absolute atomic E-state index is 0.0473. The molecule has 1 N–H and O–H groups in total. The maximum absolute atomic E-state index is 12.6. The minimum Gasteiger partial charge on any atom is -0.497 e. The van der Waals surface area contributed by atoms with E-state index in [1.807, 2.05) is 0 Å². The van der Waals surface area contributed by atoms with Crippen molar-refractivity contribution in [2.75, 3.05) is 24.2 Å². The van der Waals surface area contributed by atoms with Crippen molar-refractivity contribution in [3.8, 4) is 5.75 Å². The molecule has 0 atom stereocenters. The Morgan fingerprint density at radius 3 is 2.64 bits per heavy atom. The molecule has 0 saturated carbocycles. The number of ether oxygens (including phenoxy) is 2. The Kier molecular flexibility index (Phi) is 6.10. The van der Waals surface area contributed by atoms with Crippen LogP contribution in [0.1, 0.15) is 6.92 Å². The van der Waals surface area contributed by atoms with Gasteiger partial charge in [-0.15, -0.1) is 0 Å². The van der Waals surface area contributed by atoms with E-state index >= 15 is 0 Å². The molecular formula is C18H18N2O6S2. The number of nitrogens with zero attached hydrogens (tertiary/aromatic N) is 1. The molecule has 0 spiro atoms. The van der Waals surface area contributed by atoms with Crippen LogP contribution in [-0.4, -0.2) is 38.8 Å². The zero-order valence-corrected chi connectivity index (χ0v) is 16.8. The van der Waals surface area contributed by atoms with Crippen LogP contribution in [0, 0.1) is 0 Å². The predicted molar refractivity (Wildman–Crippen MR) is 105 cm³/mol. The highest BCUT2D eigenvalue weighted by Crippen LogP contribution is 2.26. The molecule has 148 valence electrons. The van der Waals surface area contributed by atoms with Crippen LogP contribution in [0.25, 0.3) is 11.1 Å². The van der Waals surface area contributed by atoms with E-state index in [2.05, 4.69) is 9.71 Å². The van der Waals surface area contributed by atoms with Gasteiger partial charge in [0.15, 0.2) is 5.58 Å². The fourth-order valence-electron chi connectivity index (χ4n) is 2.31. The molecule has 0 radical (unpaired) electrons. The number of carbonyl (C=O) groups is 1. The zero-order valence-electron chi connectivity index (χ0n) is 15.2. The summed E-state index contributed by atoms with van der Waals surface area (Å²) < 4.78 is 43.2. The number of rotatable bonds is 8. The Hall–Kier alpha value is -2.72. The van der Waals surface area contributed by atoms with Gasteiger partial charge in [0.2, 0.25) is 0 Å². The third-order valence-corrected chi connectivity index (χ3v) is 5.79. The molecule has 0 bridgehead atoms. The van der Waals surface area contributed by atoms with Crippen molar-refractivity contribution in [2.45, 2.75) is 17.0 Å². The first-order valence-electron chi connectivity index (χ1n) is 8.27. The number of benzene rings is 2. The molecule has 0 aliphatic rings. The van der Waals surface area contributed by atoms with Crippen molar-refractivity contribution in [1.29, 1.82) is 0 Å². The molecule has 3 aromatic rings. The molecule has 0 aliphatic heterocycles. The number of thioether (sulfide) groups is 1. The highest BCUT2D eigenvalue weighted by Gasteiger charge is 2.17. The lowest BCUT2D eigenvalue weighted by molar-refractivity contribution is -0.139. The van der Waals surface area contributed by atoms with Gasteiger partial charge in [-0.3, -0.25) is 9.52 Å². The summed E-state index contributed by atoms with van der Waals surface area (Å²) >= 11 is 1.08. The van der Waals surface area contributed by atoms with E-state index in [1.54, 1.807) is 31.2 Å². The maximum atomic E-state index is 12.6. The van der Waals surface area contributed by atoms with Crippen molar-refractivity contribution in [3.63, 3.8) is 0 Å². The molecule has 28 heavy (non-hydrogen) atoms. The monoisotopic (exact) mass is 422 g/mol. The SMILES string of the molecule is CCOC(=O)CSc1nc2cc(S(=O)(=O)Nc3ccc(OC)cc3)ccc2o1. The summed E-state index contributed by atoms with van der Waals surface area (Å²) in [5, 5.41) is 0.265. The standard InChI is InChI=1S/C18H18N2O6S2/c1-3-25-17(21)11-27-18-19-15-10-14(8-9-16(15)26-18)28(22,23)20-12-4-6-13(24-2)7-5-12/h4-10,20H,3,11H2,1-2H3. The second-order valence-electron chi connectivity index (χ2n) is 5.54. The highest BCUT2D eigenvalue weighted by molar-refractivity contribution is 7.99. The van der Waals surface area contributed by atoms with Gasteiger partial charge in [-0.25, -0.2) is 13.4 Å². The average molecular weight is 422 g/mol. The molecule has 0 amide bonds. The van der Waals surface area contributed by atoms with Gasteiger partial charge in [-0.2, -0.15) is 0 Å². The van der Waals surface area contributed by atoms with Gasteiger partial charge >= 0.3 is 5.97 Å². The summed E-state index contributed by atoms with van der Waals surface area (Å²) in [6.45, 7) is 2.03. The second-order valence-corrected chi connectivity index (χ2v) is 8.15. The lowest BCUT2D eigenvalue weighted by Crippen LogP contribution is -2.12. The summed E-state index contributed by atoms with van der Waals surface area (Å²) in [6.07, 6.45) is 0. The number of methoxy groups -OCH3 is 1. The molecule has 0 aliphatic carbocycles. The van der Waals surface area contributed by atoms with Crippen molar-refractivity contribution in [2.24, 2.45) is 0 Å². The van der Waals surface area contributed by atoms with E-state index < -0.39 is 10.0 Å². The van der Waals surface area contributed by atoms with Crippen LogP contribution >= 0.6 is 11.8 Å². The Balaban J connectivity index is 1.77. The second kappa shape index (κ2) is 8.53. The number of nitrogens with one attached hydrogen (secondary N) is 1. The smallest absolute Gasteiger partial charge is 0.316 e. The summed E-state index contributed by atoms with van der Waals surface area (Å²) in [4.78, 5) is 15.7. The molecule has 0 unspecified atom stereocenters. The largest absolute Gasteiger partial charge is 0.497 e. The number of hydrogen-bond donors (Lipinski definition) is 1. The van der Waals surface area contributed by atoms with Gasteiger partial charge in [0.05, 0.1) is 18.6 Å². The number of fused-ring (bicyclic) bond motifs is 1. The molecule has 1 aromatic heterocycles. The number of hydrogen-bond acceptors (Lipinski definition) is 8. The maximum Gasteiger partial charge on any atom is 0.316 e. The van der Waals surface area contributed by atoms with Crippen molar-refractivity contribution < 1.29 is 27.1 Å². The van der Waals surface area contributed by atoms with Gasteiger partial charge in [-0.05, 0) is 49.4 Å². The lowest BCUT2D eigenvalue weighted by atomic mass is 10.3. The third-order valence-electron chi connectivity index (χ3n) is 3.61. The normalized spacial score (nSPS) is 11.4. The lowest BCUT2D eigenvalue weighted by Gasteiger charge is -2.08. The van der Waals surface area contributed by atoms with Crippen LogP contribution in [0.2, 0.25) is 0 Å². The predicted octanol–water partition coefficient (Wildman–Crippen LogP) is 3.29. The van der Waals surface area contributed by atoms with Crippen LogP contribution in [0.4, 0.5) is 5.69 Å². The molecule has 1 heterocycles. The van der Waals surface area contributed by atoms with Crippen molar-refractivity contribution in [1.82, 2.24) is 4.98 Å². The van der Waals surface area contributed by atoms with E-state index in [0.29, 0.717) is 29.1 Å². The number of anilines is 1. The summed E-state index contributed by atoms with van der Waals surface area (Å²) in [6, 6.07) is 10.9. The first-order valence-corrected chi connectivity index (χ1v) is 10.7. The number of sulfonamides is 1. The molecule has 8 nitrogen and oxygen atoms in total. The molecule has 0 saturated heterocycles. The van der Waals surface area contributed by atoms with Crippen LogP contribution < -0.4 is 9.46 Å². The molecule has 10 heteroatoms. The van der Waals surface area contributed by atoms with E-state index in [-0.39, 0.29) is 21.8 Å². The van der Waals surface area contributed by atoms with Crippen molar-refractivity contribution >= 4 is 44.5 Å². The van der Waals surface area contributed by atoms with Crippen LogP contribution in [0.5, 0.6) is 5.75 Å². The summed E-state index contributed by atoms with van der Waals surface area (Å²) in [5.41, 5.74) is 1.21. The van der Waals surface area contributed by atoms with Gasteiger partial charge in [-0.1, -0.05) is 11.8 Å². The topological polar surface area (TPSA) is 108 Å². The van der Waals surface area contributed by atoms with Crippen molar-refractivity contribution in [3.05, 3.63) is 42.5 Å². The average Bonchev–Trinajstić information content (AvgIpc) is 3.09. The number of carbonyl (C=O) groups excluding carboxylic acids is 1. The molecule has 0 fully saturated rings. The number of oxazole rings is 1. The van der Waals surface area contributed by atoms with Gasteiger partial charge in [0, 0.05) is 5.69 Å². The van der Waals surface area contributed by atoms with Gasteiger partial charge < -0.3 is 13.9 Å². The Morgan fingerprint density at radius 1 is 1.21 bits per heavy atom. The Bertz CT molecular complexity index is 1080. The summed E-state index contributed by atoms with van der Waals surface area (Å²) in [5.74, 6) is 0.312. The third kappa shape index (κ3) is 4.76. The fraction of sp³-hybridized carbons (Fsp3) is 0.222. The Labute approximate surface area is 166 Å². The first-order chi connectivity index (χ1) is 13.4. The number of aromatic nitrogens is 1. The van der Waals surface area contributed by atoms with E-state index in [4.69, 9.17) is 13.9 Å². The fourth-order valence-corrected chi connectivity index (χ4v) is 4.03. The van der Waals surface area contributed by atoms with Crippen LogP contribution in [-0.2, 0) is 19.6 Å². The number of esters is 1. The van der Waals surface area contributed by atoms with E-state index in [0.717, 1.165) is 11.8 Å². The van der Waals surface area contributed by atoms with Gasteiger partial charge in [0.1, 0.15) is 17.0 Å². The first kappa shape index (κ1) is 20.0. The van der Waals surface area contributed by atoms with E-state index in [9.17, 15) is 13.2 Å². The van der Waals surface area contributed by atoms with Crippen LogP contribution in [0.3, 0.4) is 0 Å². The van der Waals surface area contributed by atoms with E-state index in [1.165, 1.54) is 25.3 Å². The quantitative estimate of drug-likeness (QED) is 0.435. The summed E-state index contributed by atoms with van der Waals surface area (Å²) in [7, 11) is -2.27. The molecule has 3 rings (SSSR count).